The fourth-order valence-corrected chi connectivity index (χ4v) is 1.50. The highest BCUT2D eigenvalue weighted by Crippen LogP contribution is 2.29. The Morgan fingerprint density at radius 3 is 2.47 bits per heavy atom. The summed E-state index contributed by atoms with van der Waals surface area (Å²) in [6.07, 6.45) is 0. The number of hydrogen-bond acceptors (Lipinski definition) is 4. The van der Waals surface area contributed by atoms with E-state index in [1.807, 2.05) is 0 Å². The second-order valence-corrected chi connectivity index (χ2v) is 3.10. The SMILES string of the molecule is COc1ccc([N+](=O)[O-])c(C(C)=O)c1C. The number of carbonyl (C=O) groups is 1. The summed E-state index contributed by atoms with van der Waals surface area (Å²) >= 11 is 0. The molecule has 1 aromatic rings. The van der Waals surface area contributed by atoms with E-state index >= 15 is 0 Å². The van der Waals surface area contributed by atoms with Crippen molar-refractivity contribution in [3.05, 3.63) is 33.4 Å². The van der Waals surface area contributed by atoms with Crippen molar-refractivity contribution < 1.29 is 14.5 Å². The molecular formula is C10H11NO4. The first-order valence-electron chi connectivity index (χ1n) is 4.32. The summed E-state index contributed by atoms with van der Waals surface area (Å²) in [6, 6.07) is 2.77. The molecule has 0 aromatic heterocycles. The van der Waals surface area contributed by atoms with Gasteiger partial charge in [0.25, 0.3) is 5.69 Å². The number of hydrogen-bond donors (Lipinski definition) is 0. The van der Waals surface area contributed by atoms with Crippen molar-refractivity contribution in [1.82, 2.24) is 0 Å². The number of ketones is 1. The molecule has 0 radical (unpaired) electrons. The maximum Gasteiger partial charge on any atom is 0.280 e. The summed E-state index contributed by atoms with van der Waals surface area (Å²) < 4.78 is 5.00. The smallest absolute Gasteiger partial charge is 0.280 e. The maximum atomic E-state index is 11.3. The van der Waals surface area contributed by atoms with E-state index in [0.717, 1.165) is 0 Å². The highest BCUT2D eigenvalue weighted by molar-refractivity contribution is 6.00. The van der Waals surface area contributed by atoms with Crippen LogP contribution in [0, 0.1) is 17.0 Å². The van der Waals surface area contributed by atoms with Crippen LogP contribution < -0.4 is 4.74 Å². The van der Waals surface area contributed by atoms with Crippen LogP contribution in [0.3, 0.4) is 0 Å². The van der Waals surface area contributed by atoms with Gasteiger partial charge in [-0.1, -0.05) is 0 Å². The minimum Gasteiger partial charge on any atom is -0.496 e. The lowest BCUT2D eigenvalue weighted by atomic mass is 10.0. The molecule has 15 heavy (non-hydrogen) atoms. The molecule has 0 saturated carbocycles. The topological polar surface area (TPSA) is 69.4 Å². The van der Waals surface area contributed by atoms with E-state index in [0.29, 0.717) is 11.3 Å². The second-order valence-electron chi connectivity index (χ2n) is 3.10. The Morgan fingerprint density at radius 2 is 2.07 bits per heavy atom. The fourth-order valence-electron chi connectivity index (χ4n) is 1.50. The Bertz CT molecular complexity index is 426. The molecule has 1 rings (SSSR count). The van der Waals surface area contributed by atoms with Crippen LogP contribution in [0.2, 0.25) is 0 Å². The summed E-state index contributed by atoms with van der Waals surface area (Å²) in [6.45, 7) is 2.93. The number of methoxy groups -OCH3 is 1. The van der Waals surface area contributed by atoms with Crippen molar-refractivity contribution in [2.24, 2.45) is 0 Å². The molecule has 5 nitrogen and oxygen atoms in total. The molecule has 5 heteroatoms. The van der Waals surface area contributed by atoms with Crippen LogP contribution in [0.15, 0.2) is 12.1 Å². The molecule has 0 spiro atoms. The first kappa shape index (κ1) is 11.2. The predicted octanol–water partition coefficient (Wildman–Crippen LogP) is 2.11. The molecule has 0 heterocycles. The lowest BCUT2D eigenvalue weighted by molar-refractivity contribution is -0.385. The molecule has 0 aliphatic rings. The van der Waals surface area contributed by atoms with Crippen LogP contribution in [0.1, 0.15) is 22.8 Å². The van der Waals surface area contributed by atoms with Gasteiger partial charge >= 0.3 is 0 Å². The third kappa shape index (κ3) is 1.96. The van der Waals surface area contributed by atoms with Crippen LogP contribution in [-0.4, -0.2) is 17.8 Å². The molecule has 1 aromatic carbocycles. The van der Waals surface area contributed by atoms with E-state index < -0.39 is 4.92 Å². The van der Waals surface area contributed by atoms with E-state index in [2.05, 4.69) is 0 Å². The van der Waals surface area contributed by atoms with E-state index in [4.69, 9.17) is 4.74 Å². The number of ether oxygens (including phenoxy) is 1. The number of rotatable bonds is 3. The number of carbonyl (C=O) groups excluding carboxylic acids is 1. The number of nitro groups is 1. The summed E-state index contributed by atoms with van der Waals surface area (Å²) in [5.74, 6) is 0.143. The Labute approximate surface area is 86.8 Å². The molecule has 0 amide bonds. The normalized spacial score (nSPS) is 9.80. The number of Topliss-reactive ketones (excluding diaryl/α,β-unsaturated/α-hetero) is 1. The zero-order valence-electron chi connectivity index (χ0n) is 8.73. The largest absolute Gasteiger partial charge is 0.496 e. The Kier molecular flexibility index (Phi) is 3.04. The van der Waals surface area contributed by atoms with Gasteiger partial charge in [-0.25, -0.2) is 0 Å². The molecule has 0 aliphatic carbocycles. The molecule has 0 bridgehead atoms. The van der Waals surface area contributed by atoms with Gasteiger partial charge in [0, 0.05) is 11.6 Å². The fraction of sp³-hybridized carbons (Fsp3) is 0.300. The lowest BCUT2D eigenvalue weighted by Crippen LogP contribution is -2.04. The molecule has 0 aliphatic heterocycles. The van der Waals surface area contributed by atoms with Gasteiger partial charge in [0.15, 0.2) is 5.78 Å². The van der Waals surface area contributed by atoms with Gasteiger partial charge in [-0.05, 0) is 19.9 Å². The first-order valence-corrected chi connectivity index (χ1v) is 4.32. The monoisotopic (exact) mass is 209 g/mol. The van der Waals surface area contributed by atoms with E-state index in [9.17, 15) is 14.9 Å². The number of nitro benzene ring substituents is 1. The van der Waals surface area contributed by atoms with Crippen molar-refractivity contribution >= 4 is 11.5 Å². The van der Waals surface area contributed by atoms with Crippen LogP contribution in [0.25, 0.3) is 0 Å². The van der Waals surface area contributed by atoms with E-state index in [1.54, 1.807) is 6.92 Å². The summed E-state index contributed by atoms with van der Waals surface area (Å²) in [4.78, 5) is 21.4. The molecule has 0 saturated heterocycles. The van der Waals surface area contributed by atoms with Crippen molar-refractivity contribution in [3.8, 4) is 5.75 Å². The minimum absolute atomic E-state index is 0.111. The molecular weight excluding hydrogens is 198 g/mol. The highest BCUT2D eigenvalue weighted by Gasteiger charge is 2.21. The van der Waals surface area contributed by atoms with Crippen molar-refractivity contribution in [2.75, 3.05) is 7.11 Å². The zero-order valence-corrected chi connectivity index (χ0v) is 8.73. The second kappa shape index (κ2) is 4.08. The zero-order chi connectivity index (χ0) is 11.6. The average molecular weight is 209 g/mol. The Balaban J connectivity index is 3.51. The average Bonchev–Trinajstić information content (AvgIpc) is 2.16. The van der Waals surface area contributed by atoms with E-state index in [1.165, 1.54) is 26.2 Å². The molecule has 0 atom stereocenters. The van der Waals surface area contributed by atoms with Gasteiger partial charge in [-0.15, -0.1) is 0 Å². The molecule has 0 N–H and O–H groups in total. The van der Waals surface area contributed by atoms with Crippen LogP contribution >= 0.6 is 0 Å². The Morgan fingerprint density at radius 1 is 1.47 bits per heavy atom. The van der Waals surface area contributed by atoms with Crippen LogP contribution in [0.5, 0.6) is 5.75 Å². The summed E-state index contributed by atoms with van der Waals surface area (Å²) in [5.41, 5.74) is 0.430. The number of benzene rings is 1. The quantitative estimate of drug-likeness (QED) is 0.434. The number of nitrogens with zero attached hydrogens (tertiary/aromatic N) is 1. The van der Waals surface area contributed by atoms with Crippen molar-refractivity contribution in [1.29, 1.82) is 0 Å². The van der Waals surface area contributed by atoms with Crippen LogP contribution in [0.4, 0.5) is 5.69 Å². The summed E-state index contributed by atoms with van der Waals surface area (Å²) in [7, 11) is 1.46. The minimum atomic E-state index is -0.566. The van der Waals surface area contributed by atoms with Crippen LogP contribution in [-0.2, 0) is 0 Å². The highest BCUT2D eigenvalue weighted by atomic mass is 16.6. The van der Waals surface area contributed by atoms with Gasteiger partial charge in [0.1, 0.15) is 11.3 Å². The Hall–Kier alpha value is -1.91. The predicted molar refractivity (Wildman–Crippen MR) is 54.4 cm³/mol. The van der Waals surface area contributed by atoms with Gasteiger partial charge in [0.2, 0.25) is 0 Å². The molecule has 80 valence electrons. The standard InChI is InChI=1S/C10H11NO4/c1-6-9(15-3)5-4-8(11(13)14)10(6)7(2)12/h4-5H,1-3H3. The van der Waals surface area contributed by atoms with E-state index in [-0.39, 0.29) is 17.0 Å². The molecule has 0 unspecified atom stereocenters. The third-order valence-corrected chi connectivity index (χ3v) is 2.16. The van der Waals surface area contributed by atoms with Gasteiger partial charge in [0.05, 0.1) is 12.0 Å². The first-order chi connectivity index (χ1) is 6.99. The summed E-state index contributed by atoms with van der Waals surface area (Å²) in [5, 5.41) is 10.7. The maximum absolute atomic E-state index is 11.3. The lowest BCUT2D eigenvalue weighted by Gasteiger charge is -2.08. The third-order valence-electron chi connectivity index (χ3n) is 2.16. The van der Waals surface area contributed by atoms with Gasteiger partial charge in [-0.3, -0.25) is 14.9 Å². The van der Waals surface area contributed by atoms with Crippen molar-refractivity contribution in [2.45, 2.75) is 13.8 Å². The van der Waals surface area contributed by atoms with Crippen molar-refractivity contribution in [3.63, 3.8) is 0 Å². The van der Waals surface area contributed by atoms with Gasteiger partial charge in [-0.2, -0.15) is 0 Å². The molecule has 0 fully saturated rings. The van der Waals surface area contributed by atoms with Gasteiger partial charge < -0.3 is 4.74 Å².